The zero-order chi connectivity index (χ0) is 12.3. The molecule has 0 spiro atoms. The fourth-order valence-corrected chi connectivity index (χ4v) is 1.92. The third kappa shape index (κ3) is 2.80. The average molecular weight is 233 g/mol. The zero-order valence-corrected chi connectivity index (χ0v) is 10.4. The second-order valence-corrected chi connectivity index (χ2v) is 4.46. The maximum atomic E-state index is 5.98. The molecule has 0 amide bonds. The highest BCUT2D eigenvalue weighted by atomic mass is 16.5. The van der Waals surface area contributed by atoms with E-state index in [9.17, 15) is 0 Å². The van der Waals surface area contributed by atoms with Crippen LogP contribution in [0.5, 0.6) is 5.75 Å². The standard InChI is InChI=1S/C14H19NO2/c1-10(2)17-14-12(6-3-7-13(14)15)11-5-4-8-16-9-11/h3,5-7,10H,4,8-9,15H2,1-2H3. The summed E-state index contributed by atoms with van der Waals surface area (Å²) in [7, 11) is 0. The van der Waals surface area contributed by atoms with Crippen molar-refractivity contribution >= 4 is 11.3 Å². The SMILES string of the molecule is CC(C)Oc1c(N)cccc1C1=CCCOC1. The van der Waals surface area contributed by atoms with Crippen molar-refractivity contribution < 1.29 is 9.47 Å². The first-order valence-electron chi connectivity index (χ1n) is 6.01. The molecule has 0 fully saturated rings. The van der Waals surface area contributed by atoms with Gasteiger partial charge >= 0.3 is 0 Å². The van der Waals surface area contributed by atoms with Crippen LogP contribution >= 0.6 is 0 Å². The molecule has 0 radical (unpaired) electrons. The van der Waals surface area contributed by atoms with Gasteiger partial charge < -0.3 is 15.2 Å². The highest BCUT2D eigenvalue weighted by molar-refractivity contribution is 5.76. The molecule has 17 heavy (non-hydrogen) atoms. The Hall–Kier alpha value is -1.48. The Bertz CT molecular complexity index is 424. The summed E-state index contributed by atoms with van der Waals surface area (Å²) in [5, 5.41) is 0. The molecule has 92 valence electrons. The quantitative estimate of drug-likeness (QED) is 0.816. The maximum Gasteiger partial charge on any atom is 0.150 e. The largest absolute Gasteiger partial charge is 0.488 e. The summed E-state index contributed by atoms with van der Waals surface area (Å²) in [6.07, 6.45) is 3.26. The third-order valence-corrected chi connectivity index (χ3v) is 2.66. The molecule has 2 rings (SSSR count). The van der Waals surface area contributed by atoms with E-state index in [-0.39, 0.29) is 6.10 Å². The van der Waals surface area contributed by atoms with Crippen LogP contribution in [0.15, 0.2) is 24.3 Å². The number of nitrogens with two attached hydrogens (primary N) is 1. The Morgan fingerprint density at radius 1 is 1.35 bits per heavy atom. The Morgan fingerprint density at radius 3 is 2.82 bits per heavy atom. The Kier molecular flexibility index (Phi) is 3.69. The van der Waals surface area contributed by atoms with Crippen LogP contribution in [-0.2, 0) is 4.74 Å². The van der Waals surface area contributed by atoms with Gasteiger partial charge in [0.25, 0.3) is 0 Å². The molecule has 1 aliphatic heterocycles. The van der Waals surface area contributed by atoms with Gasteiger partial charge in [-0.25, -0.2) is 0 Å². The van der Waals surface area contributed by atoms with Crippen LogP contribution in [0, 0.1) is 0 Å². The van der Waals surface area contributed by atoms with Crippen molar-refractivity contribution in [2.75, 3.05) is 18.9 Å². The van der Waals surface area contributed by atoms with Gasteiger partial charge in [0.2, 0.25) is 0 Å². The fraction of sp³-hybridized carbons (Fsp3) is 0.429. The average Bonchev–Trinajstić information content (AvgIpc) is 2.32. The lowest BCUT2D eigenvalue weighted by molar-refractivity contribution is 0.164. The summed E-state index contributed by atoms with van der Waals surface area (Å²) < 4.78 is 11.3. The monoisotopic (exact) mass is 233 g/mol. The van der Waals surface area contributed by atoms with Crippen LogP contribution in [-0.4, -0.2) is 19.3 Å². The molecule has 0 atom stereocenters. The normalized spacial score (nSPS) is 15.8. The first-order valence-corrected chi connectivity index (χ1v) is 6.01. The second kappa shape index (κ2) is 5.23. The van der Waals surface area contributed by atoms with E-state index in [2.05, 4.69) is 6.08 Å². The number of para-hydroxylation sites is 1. The first-order chi connectivity index (χ1) is 8.18. The minimum atomic E-state index is 0.114. The van der Waals surface area contributed by atoms with E-state index >= 15 is 0 Å². The predicted molar refractivity (Wildman–Crippen MR) is 70.0 cm³/mol. The van der Waals surface area contributed by atoms with Crippen LogP contribution < -0.4 is 10.5 Å². The van der Waals surface area contributed by atoms with Crippen molar-refractivity contribution in [3.8, 4) is 5.75 Å². The molecule has 1 aromatic carbocycles. The van der Waals surface area contributed by atoms with Gasteiger partial charge in [-0.1, -0.05) is 18.2 Å². The smallest absolute Gasteiger partial charge is 0.150 e. The van der Waals surface area contributed by atoms with E-state index in [1.807, 2.05) is 32.0 Å². The number of anilines is 1. The minimum Gasteiger partial charge on any atom is -0.488 e. The van der Waals surface area contributed by atoms with E-state index < -0.39 is 0 Å². The molecule has 0 aromatic heterocycles. The van der Waals surface area contributed by atoms with E-state index in [1.165, 1.54) is 5.57 Å². The number of benzene rings is 1. The van der Waals surface area contributed by atoms with Gasteiger partial charge in [-0.05, 0) is 31.9 Å². The minimum absolute atomic E-state index is 0.114. The lowest BCUT2D eigenvalue weighted by Gasteiger charge is -2.20. The maximum absolute atomic E-state index is 5.98. The Labute approximate surface area is 102 Å². The van der Waals surface area contributed by atoms with Gasteiger partial charge in [0, 0.05) is 5.56 Å². The molecule has 0 unspecified atom stereocenters. The number of rotatable bonds is 3. The molecule has 0 bridgehead atoms. The number of hydrogen-bond acceptors (Lipinski definition) is 3. The number of nitrogen functional groups attached to an aromatic ring is 1. The molecular formula is C14H19NO2. The molecule has 1 aromatic rings. The highest BCUT2D eigenvalue weighted by Gasteiger charge is 2.15. The van der Waals surface area contributed by atoms with Gasteiger partial charge in [0.15, 0.2) is 0 Å². The summed E-state index contributed by atoms with van der Waals surface area (Å²) >= 11 is 0. The molecular weight excluding hydrogens is 214 g/mol. The van der Waals surface area contributed by atoms with Crippen molar-refractivity contribution in [1.82, 2.24) is 0 Å². The van der Waals surface area contributed by atoms with Crippen LogP contribution in [0.4, 0.5) is 5.69 Å². The zero-order valence-electron chi connectivity index (χ0n) is 10.4. The molecule has 0 saturated carbocycles. The summed E-state index contributed by atoms with van der Waals surface area (Å²) in [5.41, 5.74) is 8.89. The predicted octanol–water partition coefficient (Wildman–Crippen LogP) is 2.86. The van der Waals surface area contributed by atoms with Crippen LogP contribution in [0.3, 0.4) is 0 Å². The van der Waals surface area contributed by atoms with Crippen molar-refractivity contribution in [3.63, 3.8) is 0 Å². The topological polar surface area (TPSA) is 44.5 Å². The number of hydrogen-bond donors (Lipinski definition) is 1. The molecule has 1 heterocycles. The summed E-state index contributed by atoms with van der Waals surface area (Å²) in [6, 6.07) is 5.85. The lowest BCUT2D eigenvalue weighted by Crippen LogP contribution is -2.11. The summed E-state index contributed by atoms with van der Waals surface area (Å²) in [6.45, 7) is 5.44. The first kappa shape index (κ1) is 12.0. The van der Waals surface area contributed by atoms with E-state index in [0.717, 1.165) is 24.3 Å². The Morgan fingerprint density at radius 2 is 2.18 bits per heavy atom. The molecule has 0 saturated heterocycles. The van der Waals surface area contributed by atoms with E-state index in [4.69, 9.17) is 15.2 Å². The third-order valence-electron chi connectivity index (χ3n) is 2.66. The van der Waals surface area contributed by atoms with Gasteiger partial charge in [-0.3, -0.25) is 0 Å². The van der Waals surface area contributed by atoms with E-state index in [0.29, 0.717) is 12.3 Å². The summed E-state index contributed by atoms with van der Waals surface area (Å²) in [5.74, 6) is 0.777. The lowest BCUT2D eigenvalue weighted by atomic mass is 10.0. The van der Waals surface area contributed by atoms with Crippen LogP contribution in [0.25, 0.3) is 5.57 Å². The van der Waals surface area contributed by atoms with Gasteiger partial charge in [0.1, 0.15) is 5.75 Å². The second-order valence-electron chi connectivity index (χ2n) is 4.46. The molecule has 3 heteroatoms. The molecule has 0 aliphatic carbocycles. The number of ether oxygens (including phenoxy) is 2. The van der Waals surface area contributed by atoms with Crippen molar-refractivity contribution in [2.24, 2.45) is 0 Å². The molecule has 1 aliphatic rings. The van der Waals surface area contributed by atoms with Gasteiger partial charge in [0.05, 0.1) is 25.0 Å². The molecule has 2 N–H and O–H groups in total. The van der Waals surface area contributed by atoms with Crippen molar-refractivity contribution in [1.29, 1.82) is 0 Å². The summed E-state index contributed by atoms with van der Waals surface area (Å²) in [4.78, 5) is 0. The highest BCUT2D eigenvalue weighted by Crippen LogP contribution is 2.33. The van der Waals surface area contributed by atoms with Gasteiger partial charge in [-0.15, -0.1) is 0 Å². The fourth-order valence-electron chi connectivity index (χ4n) is 1.92. The van der Waals surface area contributed by atoms with Crippen molar-refractivity contribution in [3.05, 3.63) is 29.8 Å². The van der Waals surface area contributed by atoms with Crippen molar-refractivity contribution in [2.45, 2.75) is 26.4 Å². The van der Waals surface area contributed by atoms with Crippen LogP contribution in [0.1, 0.15) is 25.8 Å². The molecule has 3 nitrogen and oxygen atoms in total. The van der Waals surface area contributed by atoms with Gasteiger partial charge in [-0.2, -0.15) is 0 Å². The van der Waals surface area contributed by atoms with Crippen LogP contribution in [0.2, 0.25) is 0 Å². The Balaban J connectivity index is 2.38. The van der Waals surface area contributed by atoms with E-state index in [1.54, 1.807) is 0 Å².